The third kappa shape index (κ3) is 4.46. The highest BCUT2D eigenvalue weighted by atomic mass is 31.2. The standard InChI is InChI=1S/C13H19O5P/c1-4-16-19(15,17-5-2)13(18-11(3)14)12-9-7-6-8-10-12/h6-10,13H,4-5H2,1-3H3/t13-/m1/s1. The monoisotopic (exact) mass is 286 g/mol. The molecule has 1 atom stereocenters. The number of esters is 1. The van der Waals surface area contributed by atoms with Gasteiger partial charge in [-0.3, -0.25) is 9.36 Å². The van der Waals surface area contributed by atoms with E-state index in [1.807, 2.05) is 6.07 Å². The number of ether oxygens (including phenoxy) is 1. The molecule has 6 heteroatoms. The van der Waals surface area contributed by atoms with Crippen molar-refractivity contribution in [2.45, 2.75) is 26.6 Å². The van der Waals surface area contributed by atoms with Crippen LogP contribution in [0.5, 0.6) is 0 Å². The van der Waals surface area contributed by atoms with Gasteiger partial charge in [0.1, 0.15) is 0 Å². The highest BCUT2D eigenvalue weighted by Gasteiger charge is 2.39. The lowest BCUT2D eigenvalue weighted by Crippen LogP contribution is -2.13. The number of carbonyl (C=O) groups excluding carboxylic acids is 1. The van der Waals surface area contributed by atoms with Crippen molar-refractivity contribution in [2.24, 2.45) is 0 Å². The number of hydrogen-bond donors (Lipinski definition) is 0. The third-order valence-corrected chi connectivity index (χ3v) is 4.48. The van der Waals surface area contributed by atoms with Crippen LogP contribution in [0.1, 0.15) is 32.2 Å². The van der Waals surface area contributed by atoms with E-state index in [9.17, 15) is 9.36 Å². The van der Waals surface area contributed by atoms with Gasteiger partial charge in [0.2, 0.25) is 5.85 Å². The van der Waals surface area contributed by atoms with Crippen molar-refractivity contribution in [3.63, 3.8) is 0 Å². The highest BCUT2D eigenvalue weighted by Crippen LogP contribution is 2.61. The second-order valence-corrected chi connectivity index (χ2v) is 5.81. The SMILES string of the molecule is CCOP(=O)(OCC)[C@@H](OC(C)=O)c1ccccc1. The highest BCUT2D eigenvalue weighted by molar-refractivity contribution is 7.54. The predicted molar refractivity (Wildman–Crippen MR) is 71.8 cm³/mol. The zero-order valence-electron chi connectivity index (χ0n) is 11.4. The number of rotatable bonds is 7. The minimum atomic E-state index is -3.55. The second-order valence-electron chi connectivity index (χ2n) is 3.75. The molecule has 0 radical (unpaired) electrons. The lowest BCUT2D eigenvalue weighted by Gasteiger charge is -2.25. The van der Waals surface area contributed by atoms with Gasteiger partial charge in [-0.05, 0) is 13.8 Å². The minimum absolute atomic E-state index is 0.210. The maximum absolute atomic E-state index is 12.7. The van der Waals surface area contributed by atoms with E-state index in [1.54, 1.807) is 38.1 Å². The summed E-state index contributed by atoms with van der Waals surface area (Å²) in [6.45, 7) is 5.10. The molecule has 0 saturated heterocycles. The van der Waals surface area contributed by atoms with Crippen LogP contribution in [0.25, 0.3) is 0 Å². The van der Waals surface area contributed by atoms with Gasteiger partial charge in [0.15, 0.2) is 0 Å². The zero-order valence-corrected chi connectivity index (χ0v) is 12.3. The van der Waals surface area contributed by atoms with Crippen LogP contribution in [0.15, 0.2) is 30.3 Å². The minimum Gasteiger partial charge on any atom is -0.445 e. The molecule has 0 aromatic heterocycles. The average Bonchev–Trinajstić information content (AvgIpc) is 2.37. The van der Waals surface area contributed by atoms with Gasteiger partial charge in [0.05, 0.1) is 13.2 Å². The number of carbonyl (C=O) groups is 1. The predicted octanol–water partition coefficient (Wildman–Crippen LogP) is 3.51. The lowest BCUT2D eigenvalue weighted by atomic mass is 10.2. The first-order chi connectivity index (χ1) is 9.03. The first kappa shape index (κ1) is 15.9. The van der Waals surface area contributed by atoms with Gasteiger partial charge in [0.25, 0.3) is 0 Å². The molecule has 0 aliphatic carbocycles. The molecule has 0 heterocycles. The van der Waals surface area contributed by atoms with Crippen LogP contribution in [0.2, 0.25) is 0 Å². The largest absolute Gasteiger partial charge is 0.445 e. The molecule has 0 aliphatic rings. The van der Waals surface area contributed by atoms with Crippen molar-refractivity contribution < 1.29 is 23.1 Å². The molecule has 1 aromatic carbocycles. The Morgan fingerprint density at radius 1 is 1.16 bits per heavy atom. The first-order valence-electron chi connectivity index (χ1n) is 6.14. The Morgan fingerprint density at radius 2 is 1.68 bits per heavy atom. The summed E-state index contributed by atoms with van der Waals surface area (Å²) in [5, 5.41) is 0. The molecular formula is C13H19O5P. The number of benzene rings is 1. The molecular weight excluding hydrogens is 267 g/mol. The molecule has 1 aromatic rings. The molecule has 1 rings (SSSR count). The van der Waals surface area contributed by atoms with E-state index in [0.29, 0.717) is 5.56 Å². The van der Waals surface area contributed by atoms with Gasteiger partial charge in [-0.15, -0.1) is 0 Å². The molecule has 0 spiro atoms. The maximum atomic E-state index is 12.7. The molecule has 0 unspecified atom stereocenters. The smallest absolute Gasteiger partial charge is 0.375 e. The summed E-state index contributed by atoms with van der Waals surface area (Å²) < 4.78 is 28.4. The number of hydrogen-bond acceptors (Lipinski definition) is 5. The van der Waals surface area contributed by atoms with Crippen molar-refractivity contribution in [3.8, 4) is 0 Å². The van der Waals surface area contributed by atoms with E-state index in [0.717, 1.165) is 0 Å². The molecule has 0 bridgehead atoms. The lowest BCUT2D eigenvalue weighted by molar-refractivity contribution is -0.144. The van der Waals surface area contributed by atoms with Crippen LogP contribution in [0, 0.1) is 0 Å². The third-order valence-electron chi connectivity index (χ3n) is 2.27. The van der Waals surface area contributed by atoms with Crippen molar-refractivity contribution in [2.75, 3.05) is 13.2 Å². The fraction of sp³-hybridized carbons (Fsp3) is 0.462. The quantitative estimate of drug-likeness (QED) is 0.567. The Hall–Kier alpha value is -1.16. The van der Waals surface area contributed by atoms with E-state index < -0.39 is 19.4 Å². The molecule has 19 heavy (non-hydrogen) atoms. The second kappa shape index (κ2) is 7.43. The van der Waals surface area contributed by atoms with Crippen LogP contribution < -0.4 is 0 Å². The summed E-state index contributed by atoms with van der Waals surface area (Å²) in [5.41, 5.74) is 0.586. The van der Waals surface area contributed by atoms with Gasteiger partial charge in [-0.1, -0.05) is 30.3 Å². The summed E-state index contributed by atoms with van der Waals surface area (Å²) in [5.74, 6) is -1.57. The molecule has 5 nitrogen and oxygen atoms in total. The van der Waals surface area contributed by atoms with Gasteiger partial charge in [0, 0.05) is 12.5 Å². The van der Waals surface area contributed by atoms with E-state index in [1.165, 1.54) is 6.92 Å². The Kier molecular flexibility index (Phi) is 6.22. The van der Waals surface area contributed by atoms with Crippen LogP contribution in [0.4, 0.5) is 0 Å². The topological polar surface area (TPSA) is 61.8 Å². The van der Waals surface area contributed by atoms with Gasteiger partial charge < -0.3 is 13.8 Å². The van der Waals surface area contributed by atoms with Gasteiger partial charge in [-0.25, -0.2) is 0 Å². The average molecular weight is 286 g/mol. The van der Waals surface area contributed by atoms with Crippen LogP contribution >= 0.6 is 7.60 Å². The van der Waals surface area contributed by atoms with Crippen LogP contribution in [-0.2, 0) is 23.1 Å². The van der Waals surface area contributed by atoms with Crippen molar-refractivity contribution in [3.05, 3.63) is 35.9 Å². The van der Waals surface area contributed by atoms with Gasteiger partial charge in [-0.2, -0.15) is 0 Å². The summed E-state index contributed by atoms with van der Waals surface area (Å²) in [7, 11) is -3.55. The Labute approximate surface area is 113 Å². The molecule has 0 N–H and O–H groups in total. The van der Waals surface area contributed by atoms with E-state index in [4.69, 9.17) is 13.8 Å². The van der Waals surface area contributed by atoms with Crippen molar-refractivity contribution in [1.82, 2.24) is 0 Å². The summed E-state index contributed by atoms with van der Waals surface area (Å²) in [6, 6.07) is 8.80. The Bertz CT molecular complexity index is 436. The Balaban J connectivity index is 3.14. The summed E-state index contributed by atoms with van der Waals surface area (Å²) in [6.07, 6.45) is 0. The van der Waals surface area contributed by atoms with Crippen LogP contribution in [-0.4, -0.2) is 19.2 Å². The normalized spacial score (nSPS) is 13.0. The fourth-order valence-corrected chi connectivity index (χ4v) is 3.50. The van der Waals surface area contributed by atoms with E-state index in [2.05, 4.69) is 0 Å². The molecule has 0 saturated carbocycles. The fourth-order valence-electron chi connectivity index (χ4n) is 1.62. The van der Waals surface area contributed by atoms with Crippen molar-refractivity contribution >= 4 is 13.6 Å². The van der Waals surface area contributed by atoms with E-state index in [-0.39, 0.29) is 13.2 Å². The zero-order chi connectivity index (χ0) is 14.3. The van der Waals surface area contributed by atoms with E-state index >= 15 is 0 Å². The van der Waals surface area contributed by atoms with Crippen molar-refractivity contribution in [1.29, 1.82) is 0 Å². The molecule has 0 aliphatic heterocycles. The summed E-state index contributed by atoms with van der Waals surface area (Å²) in [4.78, 5) is 11.2. The first-order valence-corrected chi connectivity index (χ1v) is 7.75. The Morgan fingerprint density at radius 3 is 2.11 bits per heavy atom. The van der Waals surface area contributed by atoms with Crippen LogP contribution in [0.3, 0.4) is 0 Å². The van der Waals surface area contributed by atoms with Gasteiger partial charge >= 0.3 is 13.6 Å². The summed E-state index contributed by atoms with van der Waals surface area (Å²) >= 11 is 0. The molecule has 0 fully saturated rings. The molecule has 0 amide bonds. The molecule has 106 valence electrons. The maximum Gasteiger partial charge on any atom is 0.375 e.